The number of aromatic nitrogens is 1. The molecular weight excluding hydrogens is 344 g/mol. The van der Waals surface area contributed by atoms with Gasteiger partial charge in [-0.25, -0.2) is 8.42 Å². The zero-order valence-electron chi connectivity index (χ0n) is 14.6. The number of aliphatic imine (C=N–C) groups is 1. The Balaban J connectivity index is 1.46. The maximum atomic E-state index is 12.5. The molecule has 0 atom stereocenters. The lowest BCUT2D eigenvalue weighted by atomic mass is 10.2. The van der Waals surface area contributed by atoms with Gasteiger partial charge in [-0.1, -0.05) is 5.16 Å². The summed E-state index contributed by atoms with van der Waals surface area (Å²) < 4.78 is 31.1. The number of nitrogens with one attached hydrogen (secondary N) is 1. The summed E-state index contributed by atoms with van der Waals surface area (Å²) in [7, 11) is -1.61. The van der Waals surface area contributed by atoms with Crippen LogP contribution in [0.15, 0.2) is 21.8 Å². The monoisotopic (exact) mass is 370 g/mol. The van der Waals surface area contributed by atoms with Crippen LogP contribution >= 0.6 is 0 Å². The maximum Gasteiger partial charge on any atom is 0.220 e. The number of nitrogens with zero attached hydrogens (tertiary/aromatic N) is 5. The largest absolute Gasteiger partial charge is 0.364 e. The van der Waals surface area contributed by atoms with Gasteiger partial charge in [0, 0.05) is 52.4 Å². The Labute approximate surface area is 148 Å². The second-order valence-corrected chi connectivity index (χ2v) is 8.27. The third-order valence-corrected chi connectivity index (χ3v) is 6.44. The third-order valence-electron chi connectivity index (χ3n) is 4.62. The van der Waals surface area contributed by atoms with Crippen LogP contribution in [0.5, 0.6) is 0 Å². The van der Waals surface area contributed by atoms with Crippen LogP contribution in [0, 0.1) is 0 Å². The third kappa shape index (κ3) is 4.71. The Morgan fingerprint density at radius 1 is 1.28 bits per heavy atom. The minimum absolute atomic E-state index is 0.119. The van der Waals surface area contributed by atoms with E-state index in [0.29, 0.717) is 31.9 Å². The Bertz CT molecular complexity index is 663. The summed E-state index contributed by atoms with van der Waals surface area (Å²) in [5.74, 6) is 0.723. The highest BCUT2D eigenvalue weighted by Crippen LogP contribution is 2.13. The van der Waals surface area contributed by atoms with E-state index in [1.165, 1.54) is 30.1 Å². The summed E-state index contributed by atoms with van der Waals surface area (Å²) in [5, 5.41) is 7.06. The number of hydrogen-bond donors (Lipinski definition) is 1. The Morgan fingerprint density at radius 3 is 2.60 bits per heavy atom. The molecule has 2 aliphatic rings. The van der Waals surface area contributed by atoms with Gasteiger partial charge in [-0.2, -0.15) is 4.31 Å². The lowest BCUT2D eigenvalue weighted by Gasteiger charge is -2.36. The second kappa shape index (κ2) is 8.15. The molecule has 0 aliphatic carbocycles. The number of sulfonamides is 1. The van der Waals surface area contributed by atoms with Gasteiger partial charge in [0.15, 0.2) is 5.96 Å². The van der Waals surface area contributed by atoms with Crippen molar-refractivity contribution in [2.24, 2.45) is 4.99 Å². The van der Waals surface area contributed by atoms with Crippen molar-refractivity contribution in [2.45, 2.75) is 12.2 Å². The Kier molecular flexibility index (Phi) is 5.92. The first-order chi connectivity index (χ1) is 12.1. The topological polar surface area (TPSA) is 94.3 Å². The molecule has 1 N–H and O–H groups in total. The molecule has 2 fully saturated rings. The molecule has 0 aromatic carbocycles. The quantitative estimate of drug-likeness (QED) is 0.528. The molecule has 0 bridgehead atoms. The fourth-order valence-corrected chi connectivity index (χ4v) is 4.46. The highest BCUT2D eigenvalue weighted by Gasteiger charge is 2.29. The fourth-order valence-electron chi connectivity index (χ4n) is 3.03. The minimum Gasteiger partial charge on any atom is -0.364 e. The van der Waals surface area contributed by atoms with E-state index >= 15 is 0 Å². The highest BCUT2D eigenvalue weighted by molar-refractivity contribution is 7.88. The fraction of sp³-hybridized carbons (Fsp3) is 0.733. The van der Waals surface area contributed by atoms with Gasteiger partial charge in [0.1, 0.15) is 12.0 Å². The van der Waals surface area contributed by atoms with E-state index in [2.05, 4.69) is 25.3 Å². The van der Waals surface area contributed by atoms with Crippen LogP contribution in [0.4, 0.5) is 0 Å². The first kappa shape index (κ1) is 18.2. The Hall–Kier alpha value is -1.65. The van der Waals surface area contributed by atoms with Crippen LogP contribution in [0.3, 0.4) is 0 Å². The number of hydrogen-bond acceptors (Lipinski definition) is 6. The molecule has 1 aromatic heterocycles. The average Bonchev–Trinajstić information content (AvgIpc) is 3.06. The molecule has 25 heavy (non-hydrogen) atoms. The summed E-state index contributed by atoms with van der Waals surface area (Å²) in [6.07, 6.45) is 2.68. The van der Waals surface area contributed by atoms with Crippen molar-refractivity contribution < 1.29 is 12.9 Å². The predicted octanol–water partition coefficient (Wildman–Crippen LogP) is -0.597. The van der Waals surface area contributed by atoms with Crippen LogP contribution in [-0.4, -0.2) is 93.0 Å². The van der Waals surface area contributed by atoms with E-state index in [9.17, 15) is 8.42 Å². The molecular formula is C15H26N6O3S. The number of guanidine groups is 1. The number of likely N-dealkylation sites (tertiary alicyclic amines) is 1. The molecule has 3 rings (SSSR count). The van der Waals surface area contributed by atoms with Gasteiger partial charge < -0.3 is 19.6 Å². The van der Waals surface area contributed by atoms with Gasteiger partial charge in [-0.3, -0.25) is 4.99 Å². The van der Waals surface area contributed by atoms with Crippen molar-refractivity contribution in [3.8, 4) is 0 Å². The number of piperazine rings is 1. The SMILES string of the molecule is CN=C(NCCN1CCC1)N1CCN(S(=O)(=O)Cc2ccon2)CC1. The highest BCUT2D eigenvalue weighted by atomic mass is 32.2. The van der Waals surface area contributed by atoms with Crippen LogP contribution in [0.1, 0.15) is 12.1 Å². The van der Waals surface area contributed by atoms with Crippen LogP contribution in [0.25, 0.3) is 0 Å². The van der Waals surface area contributed by atoms with Gasteiger partial charge in [-0.05, 0) is 19.5 Å². The van der Waals surface area contributed by atoms with Gasteiger partial charge in [0.25, 0.3) is 0 Å². The molecule has 3 heterocycles. The van der Waals surface area contributed by atoms with E-state index in [4.69, 9.17) is 4.52 Å². The van der Waals surface area contributed by atoms with Crippen LogP contribution in [-0.2, 0) is 15.8 Å². The molecule has 2 aliphatic heterocycles. The lowest BCUT2D eigenvalue weighted by Crippen LogP contribution is -2.54. The summed E-state index contributed by atoms with van der Waals surface area (Å²) in [6.45, 7) is 6.40. The smallest absolute Gasteiger partial charge is 0.220 e. The van der Waals surface area contributed by atoms with Gasteiger partial charge >= 0.3 is 0 Å². The zero-order valence-corrected chi connectivity index (χ0v) is 15.4. The van der Waals surface area contributed by atoms with Crippen molar-refractivity contribution in [3.63, 3.8) is 0 Å². The minimum atomic E-state index is -3.37. The molecule has 0 spiro atoms. The summed E-state index contributed by atoms with van der Waals surface area (Å²) in [4.78, 5) is 8.83. The summed E-state index contributed by atoms with van der Waals surface area (Å²) in [6, 6.07) is 1.58. The maximum absolute atomic E-state index is 12.5. The molecule has 0 radical (unpaired) electrons. The van der Waals surface area contributed by atoms with E-state index in [0.717, 1.165) is 19.0 Å². The van der Waals surface area contributed by atoms with Crippen molar-refractivity contribution in [3.05, 3.63) is 18.0 Å². The average molecular weight is 370 g/mol. The lowest BCUT2D eigenvalue weighted by molar-refractivity contribution is 0.184. The molecule has 2 saturated heterocycles. The normalized spacial score (nSPS) is 20.5. The molecule has 0 amide bonds. The Morgan fingerprint density at radius 2 is 2.04 bits per heavy atom. The van der Waals surface area contributed by atoms with Crippen LogP contribution < -0.4 is 5.32 Å². The molecule has 140 valence electrons. The van der Waals surface area contributed by atoms with Gasteiger partial charge in [0.05, 0.1) is 5.69 Å². The van der Waals surface area contributed by atoms with Crippen molar-refractivity contribution >= 4 is 16.0 Å². The van der Waals surface area contributed by atoms with Crippen LogP contribution in [0.2, 0.25) is 0 Å². The van der Waals surface area contributed by atoms with E-state index in [-0.39, 0.29) is 5.75 Å². The standard InChI is InChI=1S/C15H26N6O3S/c1-16-15(17-4-7-19-5-2-6-19)20-8-10-21(11-9-20)25(22,23)13-14-3-12-24-18-14/h3,12H,2,4-11,13H2,1H3,(H,16,17). The van der Waals surface area contributed by atoms with Crippen molar-refractivity contribution in [2.75, 3.05) is 59.4 Å². The first-order valence-corrected chi connectivity index (χ1v) is 10.2. The first-order valence-electron chi connectivity index (χ1n) is 8.63. The van der Waals surface area contributed by atoms with E-state index in [1.54, 1.807) is 13.1 Å². The van der Waals surface area contributed by atoms with Crippen molar-refractivity contribution in [1.29, 1.82) is 0 Å². The molecule has 9 nitrogen and oxygen atoms in total. The van der Waals surface area contributed by atoms with E-state index in [1.807, 2.05) is 0 Å². The van der Waals surface area contributed by atoms with Crippen molar-refractivity contribution in [1.82, 2.24) is 24.6 Å². The predicted molar refractivity (Wildman–Crippen MR) is 94.7 cm³/mol. The summed E-state index contributed by atoms with van der Waals surface area (Å²) in [5.41, 5.74) is 0.436. The van der Waals surface area contributed by atoms with Gasteiger partial charge in [-0.15, -0.1) is 0 Å². The zero-order chi connectivity index (χ0) is 17.7. The second-order valence-electron chi connectivity index (χ2n) is 6.30. The van der Waals surface area contributed by atoms with E-state index < -0.39 is 10.0 Å². The van der Waals surface area contributed by atoms with Gasteiger partial charge in [0.2, 0.25) is 10.0 Å². The molecule has 0 saturated carbocycles. The molecule has 0 unspecified atom stereocenters. The molecule has 1 aromatic rings. The number of rotatable bonds is 6. The summed E-state index contributed by atoms with van der Waals surface area (Å²) >= 11 is 0. The molecule has 10 heteroatoms.